The molecule has 0 spiro atoms. The van der Waals surface area contributed by atoms with Gasteiger partial charge >= 0.3 is 5.97 Å². The standard InChI is InChI=1S/C13H16N4O3S/c1-13(2)7(8(13)11(18)19)10-16-17-9(6-4-3-5-20-6)14-15-12(17)21-10/h6-8H,3-5H2,1-2H3,(H,18,19). The number of nitrogens with zero attached hydrogens (tertiary/aromatic N) is 4. The topological polar surface area (TPSA) is 89.6 Å². The molecular formula is C13H16N4O3S. The monoisotopic (exact) mass is 308 g/mol. The zero-order valence-electron chi connectivity index (χ0n) is 11.8. The van der Waals surface area contributed by atoms with Crippen LogP contribution in [0.3, 0.4) is 0 Å². The van der Waals surface area contributed by atoms with Crippen LogP contribution in [0.2, 0.25) is 0 Å². The van der Waals surface area contributed by atoms with Gasteiger partial charge in [0.15, 0.2) is 5.82 Å². The second-order valence-corrected chi connectivity index (χ2v) is 7.30. The van der Waals surface area contributed by atoms with Crippen molar-refractivity contribution >= 4 is 22.3 Å². The minimum absolute atomic E-state index is 0.0425. The number of carboxylic acids is 1. The third-order valence-electron chi connectivity index (χ3n) is 4.61. The van der Waals surface area contributed by atoms with Gasteiger partial charge < -0.3 is 9.84 Å². The maximum absolute atomic E-state index is 11.3. The second-order valence-electron chi connectivity index (χ2n) is 6.31. The van der Waals surface area contributed by atoms with Crippen LogP contribution in [0.25, 0.3) is 4.96 Å². The first kappa shape index (κ1) is 13.1. The summed E-state index contributed by atoms with van der Waals surface area (Å²) in [6.07, 6.45) is 1.91. The van der Waals surface area contributed by atoms with Crippen molar-refractivity contribution in [1.29, 1.82) is 0 Å². The van der Waals surface area contributed by atoms with E-state index in [1.807, 2.05) is 13.8 Å². The predicted molar refractivity (Wildman–Crippen MR) is 74.2 cm³/mol. The lowest BCUT2D eigenvalue weighted by atomic mass is 10.1. The van der Waals surface area contributed by atoms with Crippen LogP contribution < -0.4 is 0 Å². The molecule has 1 N–H and O–H groups in total. The summed E-state index contributed by atoms with van der Waals surface area (Å²) >= 11 is 1.43. The van der Waals surface area contributed by atoms with Crippen LogP contribution >= 0.6 is 11.3 Å². The quantitative estimate of drug-likeness (QED) is 0.931. The Morgan fingerprint density at radius 2 is 2.29 bits per heavy atom. The zero-order valence-corrected chi connectivity index (χ0v) is 12.6. The van der Waals surface area contributed by atoms with E-state index in [4.69, 9.17) is 4.74 Å². The normalized spacial score (nSPS) is 30.9. The van der Waals surface area contributed by atoms with E-state index in [2.05, 4.69) is 15.3 Å². The number of hydrogen-bond donors (Lipinski definition) is 1. The van der Waals surface area contributed by atoms with Gasteiger partial charge in [-0.15, -0.1) is 10.2 Å². The van der Waals surface area contributed by atoms with Gasteiger partial charge in [0.2, 0.25) is 4.96 Å². The Morgan fingerprint density at radius 3 is 2.90 bits per heavy atom. The van der Waals surface area contributed by atoms with Crippen molar-refractivity contribution in [1.82, 2.24) is 19.8 Å². The predicted octanol–water partition coefficient (Wildman–Crippen LogP) is 1.86. The molecule has 0 aromatic carbocycles. The fourth-order valence-electron chi connectivity index (χ4n) is 3.31. The Balaban J connectivity index is 1.71. The van der Waals surface area contributed by atoms with Crippen LogP contribution in [0.1, 0.15) is 49.5 Å². The molecule has 3 heterocycles. The lowest BCUT2D eigenvalue weighted by Crippen LogP contribution is -2.04. The van der Waals surface area contributed by atoms with Crippen molar-refractivity contribution in [3.8, 4) is 0 Å². The van der Waals surface area contributed by atoms with Crippen LogP contribution in [0.5, 0.6) is 0 Å². The molecule has 0 amide bonds. The molecule has 1 aliphatic carbocycles. The molecular weight excluding hydrogens is 292 g/mol. The molecule has 0 bridgehead atoms. The van der Waals surface area contributed by atoms with E-state index in [1.165, 1.54) is 11.3 Å². The van der Waals surface area contributed by atoms with Gasteiger partial charge in [0.05, 0.1) is 5.92 Å². The van der Waals surface area contributed by atoms with Gasteiger partial charge in [-0.3, -0.25) is 4.79 Å². The van der Waals surface area contributed by atoms with Gasteiger partial charge in [-0.2, -0.15) is 9.61 Å². The van der Waals surface area contributed by atoms with E-state index in [0.29, 0.717) is 4.96 Å². The fourth-order valence-corrected chi connectivity index (χ4v) is 4.49. The number of rotatable bonds is 3. The van der Waals surface area contributed by atoms with Gasteiger partial charge in [-0.25, -0.2) is 0 Å². The first-order chi connectivity index (χ1) is 10.00. The van der Waals surface area contributed by atoms with E-state index in [9.17, 15) is 9.90 Å². The summed E-state index contributed by atoms with van der Waals surface area (Å²) in [5, 5.41) is 23.0. The van der Waals surface area contributed by atoms with Crippen LogP contribution in [0.4, 0.5) is 0 Å². The Labute approximate surface area is 124 Å². The molecule has 7 nitrogen and oxygen atoms in total. The molecule has 3 atom stereocenters. The molecule has 0 radical (unpaired) electrons. The van der Waals surface area contributed by atoms with Crippen LogP contribution in [0, 0.1) is 11.3 Å². The highest BCUT2D eigenvalue weighted by Gasteiger charge is 2.64. The van der Waals surface area contributed by atoms with Gasteiger partial charge in [-0.05, 0) is 18.3 Å². The first-order valence-corrected chi connectivity index (χ1v) is 7.88. The molecule has 1 saturated carbocycles. The highest BCUT2D eigenvalue weighted by molar-refractivity contribution is 7.16. The highest BCUT2D eigenvalue weighted by Crippen LogP contribution is 2.64. The number of aromatic nitrogens is 4. The summed E-state index contributed by atoms with van der Waals surface area (Å²) < 4.78 is 7.36. The smallest absolute Gasteiger partial charge is 0.307 e. The molecule has 2 fully saturated rings. The van der Waals surface area contributed by atoms with E-state index in [1.54, 1.807) is 4.52 Å². The number of carbonyl (C=O) groups is 1. The Bertz CT molecular complexity index is 716. The third-order valence-corrected chi connectivity index (χ3v) is 5.59. The summed E-state index contributed by atoms with van der Waals surface area (Å²) in [5.41, 5.74) is -0.251. The Morgan fingerprint density at radius 1 is 1.48 bits per heavy atom. The van der Waals surface area contributed by atoms with Crippen molar-refractivity contribution in [2.24, 2.45) is 11.3 Å². The largest absolute Gasteiger partial charge is 0.481 e. The first-order valence-electron chi connectivity index (χ1n) is 7.06. The average Bonchev–Trinajstić information content (AvgIpc) is 2.92. The van der Waals surface area contributed by atoms with E-state index >= 15 is 0 Å². The van der Waals surface area contributed by atoms with Crippen molar-refractivity contribution in [2.75, 3.05) is 6.61 Å². The maximum Gasteiger partial charge on any atom is 0.307 e. The minimum Gasteiger partial charge on any atom is -0.481 e. The Kier molecular flexibility index (Phi) is 2.65. The number of carboxylic acid groups (broad SMARTS) is 1. The van der Waals surface area contributed by atoms with Crippen molar-refractivity contribution < 1.29 is 14.6 Å². The van der Waals surface area contributed by atoms with Crippen LogP contribution in [-0.4, -0.2) is 37.5 Å². The van der Waals surface area contributed by atoms with Gasteiger partial charge in [-0.1, -0.05) is 25.2 Å². The number of fused-ring (bicyclic) bond motifs is 1. The Hall–Kier alpha value is -1.54. The lowest BCUT2D eigenvalue weighted by Gasteiger charge is -2.04. The summed E-state index contributed by atoms with van der Waals surface area (Å²) in [5.74, 6) is -0.433. The van der Waals surface area contributed by atoms with Crippen LogP contribution in [0.15, 0.2) is 0 Å². The van der Waals surface area contributed by atoms with E-state index in [0.717, 1.165) is 30.3 Å². The summed E-state index contributed by atoms with van der Waals surface area (Å²) in [7, 11) is 0. The van der Waals surface area contributed by atoms with Crippen molar-refractivity contribution in [3.63, 3.8) is 0 Å². The fraction of sp³-hybridized carbons (Fsp3) is 0.692. The third kappa shape index (κ3) is 1.82. The minimum atomic E-state index is -0.754. The number of hydrogen-bond acceptors (Lipinski definition) is 6. The molecule has 1 aliphatic heterocycles. The SMILES string of the molecule is CC1(C)C(C(=O)O)C1c1nn2c(C3CCCO3)nnc2s1. The summed E-state index contributed by atoms with van der Waals surface area (Å²) in [6.45, 7) is 4.69. The highest BCUT2D eigenvalue weighted by atomic mass is 32.1. The molecule has 1 saturated heterocycles. The number of ether oxygens (including phenoxy) is 1. The zero-order chi connectivity index (χ0) is 14.8. The second kappa shape index (κ2) is 4.23. The molecule has 8 heteroatoms. The van der Waals surface area contributed by atoms with Crippen LogP contribution in [-0.2, 0) is 9.53 Å². The maximum atomic E-state index is 11.3. The van der Waals surface area contributed by atoms with Gasteiger partial charge in [0.1, 0.15) is 11.1 Å². The van der Waals surface area contributed by atoms with Gasteiger partial charge in [0, 0.05) is 12.5 Å². The average molecular weight is 308 g/mol. The summed E-state index contributed by atoms with van der Waals surface area (Å²) in [4.78, 5) is 12.0. The molecule has 2 aromatic heterocycles. The molecule has 21 heavy (non-hydrogen) atoms. The molecule has 112 valence electrons. The molecule has 3 unspecified atom stereocenters. The molecule has 4 rings (SSSR count). The van der Waals surface area contributed by atoms with Crippen molar-refractivity contribution in [3.05, 3.63) is 10.8 Å². The lowest BCUT2D eigenvalue weighted by molar-refractivity contribution is -0.139. The summed E-state index contributed by atoms with van der Waals surface area (Å²) in [6, 6.07) is 0. The number of aliphatic carboxylic acids is 1. The van der Waals surface area contributed by atoms with E-state index in [-0.39, 0.29) is 23.4 Å². The molecule has 2 aromatic rings. The van der Waals surface area contributed by atoms with Crippen molar-refractivity contribution in [2.45, 2.75) is 38.7 Å². The van der Waals surface area contributed by atoms with E-state index < -0.39 is 5.97 Å². The molecule has 2 aliphatic rings. The van der Waals surface area contributed by atoms with Gasteiger partial charge in [0.25, 0.3) is 0 Å².